The highest BCUT2D eigenvalue weighted by Gasteiger charge is 2.18. The second-order valence-corrected chi connectivity index (χ2v) is 4.60. The molecule has 6 heteroatoms. The highest BCUT2D eigenvalue weighted by atomic mass is 16.6. The van der Waals surface area contributed by atoms with Crippen molar-refractivity contribution in [2.45, 2.75) is 0 Å². The number of nitrogens with zero attached hydrogens (tertiary/aromatic N) is 3. The fourth-order valence-electron chi connectivity index (χ4n) is 2.19. The van der Waals surface area contributed by atoms with Crippen LogP contribution in [0.25, 0.3) is 10.8 Å². The van der Waals surface area contributed by atoms with Crippen molar-refractivity contribution in [1.29, 1.82) is 0 Å². The molecule has 0 atom stereocenters. The van der Waals surface area contributed by atoms with Gasteiger partial charge in [0.15, 0.2) is 5.75 Å². The molecule has 0 aliphatic carbocycles. The molecule has 6 nitrogen and oxygen atoms in total. The van der Waals surface area contributed by atoms with Gasteiger partial charge in [-0.3, -0.25) is 10.1 Å². The molecule has 0 saturated carbocycles. The van der Waals surface area contributed by atoms with Crippen LogP contribution in [-0.2, 0) is 0 Å². The van der Waals surface area contributed by atoms with Gasteiger partial charge in [0.05, 0.1) is 22.1 Å². The van der Waals surface area contributed by atoms with Gasteiger partial charge < -0.3 is 5.11 Å². The molecule has 0 saturated heterocycles. The minimum absolute atomic E-state index is 0.160. The van der Waals surface area contributed by atoms with Crippen molar-refractivity contribution >= 4 is 27.8 Å². The molecular formula is C16H11N3O3. The summed E-state index contributed by atoms with van der Waals surface area (Å²) in [7, 11) is 0. The SMILES string of the molecule is O=[N+]([O-])c1cc(O)c(N=Nc2ccccc2)c2ccccc12. The summed E-state index contributed by atoms with van der Waals surface area (Å²) in [6.45, 7) is 0. The van der Waals surface area contributed by atoms with Gasteiger partial charge in [-0.2, -0.15) is 5.11 Å². The summed E-state index contributed by atoms with van der Waals surface area (Å²) < 4.78 is 0. The topological polar surface area (TPSA) is 88.1 Å². The van der Waals surface area contributed by atoms with E-state index >= 15 is 0 Å². The Kier molecular flexibility index (Phi) is 3.49. The minimum Gasteiger partial charge on any atom is -0.505 e. The maximum absolute atomic E-state index is 11.1. The van der Waals surface area contributed by atoms with Crippen molar-refractivity contribution in [3.63, 3.8) is 0 Å². The molecule has 0 bridgehead atoms. The summed E-state index contributed by atoms with van der Waals surface area (Å²) in [5.74, 6) is -0.273. The summed E-state index contributed by atoms with van der Waals surface area (Å²) in [6, 6.07) is 16.9. The Balaban J connectivity index is 2.18. The number of fused-ring (bicyclic) bond motifs is 1. The first-order chi connectivity index (χ1) is 10.7. The van der Waals surface area contributed by atoms with Crippen LogP contribution in [-0.4, -0.2) is 10.0 Å². The van der Waals surface area contributed by atoms with Crippen LogP contribution in [0.15, 0.2) is 70.9 Å². The first kappa shape index (κ1) is 13.7. The fourth-order valence-corrected chi connectivity index (χ4v) is 2.19. The van der Waals surface area contributed by atoms with Gasteiger partial charge in [0.1, 0.15) is 5.69 Å². The Labute approximate surface area is 125 Å². The summed E-state index contributed by atoms with van der Waals surface area (Å²) in [5, 5.41) is 30.2. The monoisotopic (exact) mass is 293 g/mol. The molecule has 1 N–H and O–H groups in total. The third-order valence-corrected chi connectivity index (χ3v) is 3.19. The number of hydrogen-bond donors (Lipinski definition) is 1. The zero-order valence-electron chi connectivity index (χ0n) is 11.4. The number of benzene rings is 3. The van der Waals surface area contributed by atoms with Gasteiger partial charge in [0.2, 0.25) is 0 Å². The van der Waals surface area contributed by atoms with Crippen LogP contribution in [0.5, 0.6) is 5.75 Å². The van der Waals surface area contributed by atoms with Crippen LogP contribution in [0.4, 0.5) is 17.1 Å². The van der Waals surface area contributed by atoms with E-state index in [1.165, 1.54) is 0 Å². The highest BCUT2D eigenvalue weighted by Crippen LogP contribution is 2.41. The zero-order chi connectivity index (χ0) is 15.5. The molecule has 0 fully saturated rings. The second-order valence-electron chi connectivity index (χ2n) is 4.60. The average Bonchev–Trinajstić information content (AvgIpc) is 2.54. The van der Waals surface area contributed by atoms with Gasteiger partial charge in [0, 0.05) is 5.39 Å². The molecule has 22 heavy (non-hydrogen) atoms. The van der Waals surface area contributed by atoms with Crippen LogP contribution in [0.3, 0.4) is 0 Å². The van der Waals surface area contributed by atoms with Crippen molar-refractivity contribution in [1.82, 2.24) is 0 Å². The number of phenolic OH excluding ortho intramolecular Hbond substituents is 1. The standard InChI is InChI=1S/C16H11N3O3/c20-15-10-14(19(21)22)12-8-4-5-9-13(12)16(15)18-17-11-6-2-1-3-7-11/h1-10,20H. The molecule has 0 aromatic heterocycles. The van der Waals surface area contributed by atoms with Crippen molar-refractivity contribution < 1.29 is 10.0 Å². The Hall–Kier alpha value is -3.28. The smallest absolute Gasteiger partial charge is 0.281 e. The van der Waals surface area contributed by atoms with Gasteiger partial charge in [-0.05, 0) is 18.2 Å². The molecule has 0 aliphatic heterocycles. The molecule has 0 radical (unpaired) electrons. The van der Waals surface area contributed by atoms with Crippen molar-refractivity contribution in [2.75, 3.05) is 0 Å². The number of azo groups is 1. The lowest BCUT2D eigenvalue weighted by Gasteiger charge is -2.05. The molecule has 0 amide bonds. The summed E-state index contributed by atoms with van der Waals surface area (Å²) in [4.78, 5) is 10.6. The van der Waals surface area contributed by atoms with Crippen LogP contribution >= 0.6 is 0 Å². The van der Waals surface area contributed by atoms with Crippen molar-refractivity contribution in [3.05, 3.63) is 70.8 Å². The molecule has 0 heterocycles. The number of rotatable bonds is 3. The molecule has 0 unspecified atom stereocenters. The number of aromatic hydroxyl groups is 1. The maximum Gasteiger partial charge on any atom is 0.281 e. The minimum atomic E-state index is -0.528. The summed E-state index contributed by atoms with van der Waals surface area (Å²) in [6.07, 6.45) is 0. The molecule has 3 aromatic carbocycles. The van der Waals surface area contributed by atoms with Crippen LogP contribution in [0, 0.1) is 10.1 Å². The van der Waals surface area contributed by atoms with Crippen molar-refractivity contribution in [3.8, 4) is 5.75 Å². The lowest BCUT2D eigenvalue weighted by atomic mass is 10.1. The third-order valence-electron chi connectivity index (χ3n) is 3.19. The molecule has 0 spiro atoms. The normalized spacial score (nSPS) is 11.1. The predicted octanol–water partition coefficient (Wildman–Crippen LogP) is 4.87. The van der Waals surface area contributed by atoms with E-state index in [0.717, 1.165) is 6.07 Å². The van der Waals surface area contributed by atoms with E-state index < -0.39 is 4.92 Å². The van der Waals surface area contributed by atoms with Gasteiger partial charge in [-0.1, -0.05) is 36.4 Å². The molecular weight excluding hydrogens is 282 g/mol. The van der Waals surface area contributed by atoms with Gasteiger partial charge >= 0.3 is 0 Å². The molecule has 3 rings (SSSR count). The van der Waals surface area contributed by atoms with E-state index in [4.69, 9.17) is 0 Å². The average molecular weight is 293 g/mol. The highest BCUT2D eigenvalue weighted by molar-refractivity contribution is 6.01. The van der Waals surface area contributed by atoms with Gasteiger partial charge in [0.25, 0.3) is 5.69 Å². The third kappa shape index (κ3) is 2.49. The second kappa shape index (κ2) is 5.61. The number of hydrogen-bond acceptors (Lipinski definition) is 5. The summed E-state index contributed by atoms with van der Waals surface area (Å²) in [5.41, 5.74) is 0.682. The van der Waals surface area contributed by atoms with E-state index in [0.29, 0.717) is 16.5 Å². The number of phenols is 1. The van der Waals surface area contributed by atoms with Gasteiger partial charge in [-0.25, -0.2) is 0 Å². The first-order valence-corrected chi connectivity index (χ1v) is 6.52. The van der Waals surface area contributed by atoms with Gasteiger partial charge in [-0.15, -0.1) is 5.11 Å². The molecule has 0 aliphatic rings. The van der Waals surface area contributed by atoms with E-state index in [1.54, 1.807) is 36.4 Å². The van der Waals surface area contributed by atoms with E-state index in [1.807, 2.05) is 18.2 Å². The number of non-ortho nitro benzene ring substituents is 1. The largest absolute Gasteiger partial charge is 0.505 e. The first-order valence-electron chi connectivity index (χ1n) is 6.52. The quantitative estimate of drug-likeness (QED) is 0.424. The Morgan fingerprint density at radius 2 is 1.55 bits per heavy atom. The Morgan fingerprint density at radius 1 is 0.909 bits per heavy atom. The Bertz CT molecular complexity index is 876. The van der Waals surface area contributed by atoms with E-state index in [2.05, 4.69) is 10.2 Å². The summed E-state index contributed by atoms with van der Waals surface area (Å²) >= 11 is 0. The fraction of sp³-hybridized carbons (Fsp3) is 0. The lowest BCUT2D eigenvalue weighted by Crippen LogP contribution is -1.89. The Morgan fingerprint density at radius 3 is 2.23 bits per heavy atom. The number of nitro benzene ring substituents is 1. The lowest BCUT2D eigenvalue weighted by molar-refractivity contribution is -0.383. The molecule has 3 aromatic rings. The zero-order valence-corrected chi connectivity index (χ0v) is 11.4. The predicted molar refractivity (Wildman–Crippen MR) is 82.9 cm³/mol. The maximum atomic E-state index is 11.1. The van der Waals surface area contributed by atoms with E-state index in [9.17, 15) is 15.2 Å². The van der Waals surface area contributed by atoms with Crippen LogP contribution in [0.2, 0.25) is 0 Å². The van der Waals surface area contributed by atoms with E-state index in [-0.39, 0.29) is 17.1 Å². The van der Waals surface area contributed by atoms with Crippen LogP contribution < -0.4 is 0 Å². The van der Waals surface area contributed by atoms with Crippen LogP contribution in [0.1, 0.15) is 0 Å². The molecule has 108 valence electrons. The number of nitro groups is 1. The van der Waals surface area contributed by atoms with Crippen molar-refractivity contribution in [2.24, 2.45) is 10.2 Å².